The van der Waals surface area contributed by atoms with Gasteiger partial charge < -0.3 is 20.7 Å². The highest BCUT2D eigenvalue weighted by Gasteiger charge is 2.28. The van der Waals surface area contributed by atoms with Crippen LogP contribution in [-0.4, -0.2) is 38.1 Å². The number of rotatable bonds is 6. The van der Waals surface area contributed by atoms with Gasteiger partial charge in [0, 0.05) is 50.2 Å². The number of nitrogens with one attached hydrogen (secondary N) is 3. The molecule has 0 bridgehead atoms. The first-order valence-electron chi connectivity index (χ1n) is 11.3. The number of guanidine groups is 1. The van der Waals surface area contributed by atoms with Crippen molar-refractivity contribution in [1.29, 1.82) is 0 Å². The third-order valence-corrected chi connectivity index (χ3v) is 6.02. The highest BCUT2D eigenvalue weighted by molar-refractivity contribution is 5.94. The number of hydrogen-bond donors (Lipinski definition) is 3. The topological polar surface area (TPSA) is 74.8 Å². The van der Waals surface area contributed by atoms with E-state index in [1.165, 1.54) is 11.1 Å². The highest BCUT2D eigenvalue weighted by atomic mass is 16.5. The van der Waals surface area contributed by atoms with E-state index in [9.17, 15) is 4.79 Å². The van der Waals surface area contributed by atoms with Gasteiger partial charge in [0.1, 0.15) is 0 Å². The van der Waals surface area contributed by atoms with Gasteiger partial charge in [-0.05, 0) is 37.0 Å². The molecule has 1 saturated heterocycles. The van der Waals surface area contributed by atoms with Gasteiger partial charge in [-0.25, -0.2) is 0 Å². The quantitative estimate of drug-likeness (QED) is 0.490. The summed E-state index contributed by atoms with van der Waals surface area (Å²) in [5.41, 5.74) is 3.32. The summed E-state index contributed by atoms with van der Waals surface area (Å²) in [6.45, 7) is 5.03. The van der Waals surface area contributed by atoms with Crippen LogP contribution in [0.4, 0.5) is 5.69 Å². The van der Waals surface area contributed by atoms with E-state index in [1.54, 1.807) is 0 Å². The fourth-order valence-corrected chi connectivity index (χ4v) is 4.50. The molecule has 1 amide bonds. The number of aliphatic imine (C=N–C) groups is 1. The summed E-state index contributed by atoms with van der Waals surface area (Å²) >= 11 is 0. The molecule has 0 aliphatic carbocycles. The Labute approximate surface area is 184 Å². The molecule has 0 spiro atoms. The maximum absolute atomic E-state index is 12.1. The van der Waals surface area contributed by atoms with Gasteiger partial charge in [0.15, 0.2) is 5.96 Å². The number of carbonyl (C=O) groups is 1. The van der Waals surface area contributed by atoms with Crippen LogP contribution in [-0.2, 0) is 9.53 Å². The fraction of sp³-hybridized carbons (Fsp3) is 0.440. The molecule has 6 nitrogen and oxygen atoms in total. The largest absolute Gasteiger partial charge is 0.373 e. The van der Waals surface area contributed by atoms with E-state index >= 15 is 0 Å². The average Bonchev–Trinajstić information content (AvgIpc) is 2.81. The van der Waals surface area contributed by atoms with Crippen LogP contribution in [0.25, 0.3) is 0 Å². The molecule has 2 heterocycles. The van der Waals surface area contributed by atoms with Gasteiger partial charge in [-0.1, -0.05) is 48.5 Å². The number of anilines is 1. The Hall–Kier alpha value is -2.86. The molecule has 3 unspecified atom stereocenters. The number of hydrogen-bond acceptors (Lipinski definition) is 3. The number of amides is 1. The minimum absolute atomic E-state index is 0.0671. The Kier molecular flexibility index (Phi) is 7.20. The molecule has 2 aromatic carbocycles. The van der Waals surface area contributed by atoms with Crippen molar-refractivity contribution < 1.29 is 9.53 Å². The van der Waals surface area contributed by atoms with E-state index in [2.05, 4.69) is 53.2 Å². The number of ether oxygens (including phenoxy) is 1. The number of benzene rings is 2. The Bertz CT molecular complexity index is 899. The molecule has 2 aromatic rings. The molecular formula is C25H32N4O2. The molecule has 4 rings (SSSR count). The minimum Gasteiger partial charge on any atom is -0.373 e. The molecule has 164 valence electrons. The average molecular weight is 421 g/mol. The molecule has 2 aliphatic heterocycles. The van der Waals surface area contributed by atoms with Crippen molar-refractivity contribution in [2.24, 2.45) is 10.9 Å². The zero-order valence-corrected chi connectivity index (χ0v) is 18.1. The lowest BCUT2D eigenvalue weighted by molar-refractivity contribution is -0.116. The first kappa shape index (κ1) is 21.4. The summed E-state index contributed by atoms with van der Waals surface area (Å²) < 4.78 is 6.12. The van der Waals surface area contributed by atoms with Crippen molar-refractivity contribution in [3.63, 3.8) is 0 Å². The van der Waals surface area contributed by atoms with Gasteiger partial charge in [-0.3, -0.25) is 9.79 Å². The SMILES string of the molecule is CCNC(=NCC1CCCOC1c1ccccc1)NCC1CC(=O)Nc2ccccc21. The van der Waals surface area contributed by atoms with Crippen molar-refractivity contribution in [1.82, 2.24) is 10.6 Å². The van der Waals surface area contributed by atoms with E-state index in [0.29, 0.717) is 25.4 Å². The minimum atomic E-state index is 0.0671. The zero-order chi connectivity index (χ0) is 21.5. The monoisotopic (exact) mass is 420 g/mol. The summed E-state index contributed by atoms with van der Waals surface area (Å²) in [6.07, 6.45) is 2.76. The summed E-state index contributed by atoms with van der Waals surface area (Å²) in [5, 5.41) is 9.78. The van der Waals surface area contributed by atoms with Crippen LogP contribution in [0.2, 0.25) is 0 Å². The van der Waals surface area contributed by atoms with Gasteiger partial charge in [0.25, 0.3) is 0 Å². The Morgan fingerprint density at radius 1 is 1.13 bits per heavy atom. The van der Waals surface area contributed by atoms with Gasteiger partial charge in [0.05, 0.1) is 6.10 Å². The molecule has 31 heavy (non-hydrogen) atoms. The summed E-state index contributed by atoms with van der Waals surface area (Å²) in [4.78, 5) is 17.0. The Balaban J connectivity index is 1.42. The molecular weight excluding hydrogens is 388 g/mol. The zero-order valence-electron chi connectivity index (χ0n) is 18.1. The second-order valence-electron chi connectivity index (χ2n) is 8.24. The second kappa shape index (κ2) is 10.4. The summed E-state index contributed by atoms with van der Waals surface area (Å²) in [7, 11) is 0. The second-order valence-corrected chi connectivity index (χ2v) is 8.24. The first-order chi connectivity index (χ1) is 15.2. The predicted octanol–water partition coefficient (Wildman–Crippen LogP) is 3.84. The van der Waals surface area contributed by atoms with Gasteiger partial charge in [-0.15, -0.1) is 0 Å². The van der Waals surface area contributed by atoms with Gasteiger partial charge in [0.2, 0.25) is 5.91 Å². The van der Waals surface area contributed by atoms with Crippen LogP contribution in [0.5, 0.6) is 0 Å². The third kappa shape index (κ3) is 5.44. The maximum atomic E-state index is 12.1. The van der Waals surface area contributed by atoms with Crippen LogP contribution in [0, 0.1) is 5.92 Å². The van der Waals surface area contributed by atoms with Crippen LogP contribution in [0.3, 0.4) is 0 Å². The summed E-state index contributed by atoms with van der Waals surface area (Å²) in [5.74, 6) is 1.34. The molecule has 6 heteroatoms. The van der Waals surface area contributed by atoms with E-state index in [1.807, 2.05) is 24.3 Å². The number of fused-ring (bicyclic) bond motifs is 1. The van der Waals surface area contributed by atoms with Crippen LogP contribution in [0.15, 0.2) is 59.6 Å². The first-order valence-corrected chi connectivity index (χ1v) is 11.3. The molecule has 3 atom stereocenters. The molecule has 3 N–H and O–H groups in total. The van der Waals surface area contributed by atoms with Crippen LogP contribution < -0.4 is 16.0 Å². The van der Waals surface area contributed by atoms with Gasteiger partial charge >= 0.3 is 0 Å². The van der Waals surface area contributed by atoms with Crippen LogP contribution >= 0.6 is 0 Å². The lowest BCUT2D eigenvalue weighted by atomic mass is 9.89. The lowest BCUT2D eigenvalue weighted by Gasteiger charge is -2.31. The van der Waals surface area contributed by atoms with E-state index in [0.717, 1.165) is 37.6 Å². The smallest absolute Gasteiger partial charge is 0.225 e. The normalized spacial score (nSPS) is 23.6. The van der Waals surface area contributed by atoms with Crippen molar-refractivity contribution in [3.8, 4) is 0 Å². The van der Waals surface area contributed by atoms with Crippen molar-refractivity contribution in [3.05, 3.63) is 65.7 Å². The van der Waals surface area contributed by atoms with E-state index in [-0.39, 0.29) is 17.9 Å². The molecule has 0 aromatic heterocycles. The standard InChI is InChI=1S/C25H32N4O2/c1-2-26-25(28-17-20-15-23(30)29-22-13-7-6-12-21(20)22)27-16-19-11-8-14-31-24(19)18-9-4-3-5-10-18/h3-7,9-10,12-13,19-20,24H,2,8,11,14-17H2,1H3,(H,29,30)(H2,26,27,28). The van der Waals surface area contributed by atoms with Gasteiger partial charge in [-0.2, -0.15) is 0 Å². The third-order valence-electron chi connectivity index (χ3n) is 6.02. The number of carbonyl (C=O) groups excluding carboxylic acids is 1. The highest BCUT2D eigenvalue weighted by Crippen LogP contribution is 2.34. The Morgan fingerprint density at radius 2 is 1.94 bits per heavy atom. The molecule has 2 aliphatic rings. The van der Waals surface area contributed by atoms with Crippen LogP contribution in [0.1, 0.15) is 49.3 Å². The number of para-hydroxylation sites is 1. The van der Waals surface area contributed by atoms with Crippen molar-refractivity contribution in [2.75, 3.05) is 31.6 Å². The maximum Gasteiger partial charge on any atom is 0.225 e. The van der Waals surface area contributed by atoms with Crippen molar-refractivity contribution >= 4 is 17.6 Å². The summed E-state index contributed by atoms with van der Waals surface area (Å²) in [6, 6.07) is 18.5. The van der Waals surface area contributed by atoms with Crippen molar-refractivity contribution in [2.45, 2.75) is 38.2 Å². The Morgan fingerprint density at radius 3 is 2.77 bits per heavy atom. The van der Waals surface area contributed by atoms with E-state index < -0.39 is 0 Å². The predicted molar refractivity (Wildman–Crippen MR) is 124 cm³/mol. The molecule has 1 fully saturated rings. The molecule has 0 radical (unpaired) electrons. The lowest BCUT2D eigenvalue weighted by Crippen LogP contribution is -2.41. The fourth-order valence-electron chi connectivity index (χ4n) is 4.50. The van der Waals surface area contributed by atoms with E-state index in [4.69, 9.17) is 9.73 Å². The molecule has 0 saturated carbocycles. The number of nitrogens with zero attached hydrogens (tertiary/aromatic N) is 1.